The van der Waals surface area contributed by atoms with Crippen molar-refractivity contribution in [3.05, 3.63) is 62.8 Å². The molecule has 3 rings (SSSR count). The van der Waals surface area contributed by atoms with Crippen LogP contribution < -0.4 is 5.32 Å². The molecule has 0 fully saturated rings. The van der Waals surface area contributed by atoms with Gasteiger partial charge < -0.3 is 5.32 Å². The Morgan fingerprint density at radius 1 is 1.43 bits per heavy atom. The van der Waals surface area contributed by atoms with E-state index in [4.69, 9.17) is 11.6 Å². The van der Waals surface area contributed by atoms with Crippen LogP contribution in [0.15, 0.2) is 41.0 Å². The van der Waals surface area contributed by atoms with E-state index >= 15 is 0 Å². The summed E-state index contributed by atoms with van der Waals surface area (Å²) in [6, 6.07) is 10.7. The monoisotopic (exact) mass is 364 g/mol. The van der Waals surface area contributed by atoms with Crippen molar-refractivity contribution >= 4 is 27.5 Å². The lowest BCUT2D eigenvalue weighted by molar-refractivity contribution is 0.447. The van der Waals surface area contributed by atoms with Crippen molar-refractivity contribution in [2.45, 2.75) is 31.7 Å². The summed E-state index contributed by atoms with van der Waals surface area (Å²) in [5.74, 6) is 0.425. The summed E-state index contributed by atoms with van der Waals surface area (Å²) >= 11 is 9.65. The summed E-state index contributed by atoms with van der Waals surface area (Å²) in [5, 5.41) is 4.37. The van der Waals surface area contributed by atoms with Crippen LogP contribution in [0.25, 0.3) is 0 Å². The number of halogens is 2. The molecule has 1 aromatic heterocycles. The molecule has 0 bridgehead atoms. The van der Waals surface area contributed by atoms with Gasteiger partial charge in [-0.15, -0.1) is 0 Å². The van der Waals surface area contributed by atoms with Gasteiger partial charge in [0.05, 0.1) is 5.02 Å². The summed E-state index contributed by atoms with van der Waals surface area (Å²) in [7, 11) is 0. The first kappa shape index (κ1) is 15.0. The normalized spacial score (nSPS) is 18.5. The molecule has 0 saturated heterocycles. The van der Waals surface area contributed by atoms with E-state index in [-0.39, 0.29) is 6.04 Å². The zero-order valence-corrected chi connectivity index (χ0v) is 14.3. The molecule has 1 aliphatic rings. The number of benzene rings is 1. The number of fused-ring (bicyclic) bond motifs is 1. The van der Waals surface area contributed by atoms with Crippen LogP contribution in [-0.4, -0.2) is 11.5 Å². The molecule has 2 nitrogen and oxygen atoms in total. The summed E-state index contributed by atoms with van der Waals surface area (Å²) < 4.78 is 0.948. The fraction of sp³-hybridized carbons (Fsp3) is 0.353. The Morgan fingerprint density at radius 2 is 2.29 bits per heavy atom. The Hall–Kier alpha value is -0.900. The predicted octanol–water partition coefficient (Wildman–Crippen LogP) is 4.88. The van der Waals surface area contributed by atoms with Crippen LogP contribution >= 0.6 is 27.5 Å². The third kappa shape index (κ3) is 3.01. The highest BCUT2D eigenvalue weighted by Gasteiger charge is 2.31. The Kier molecular flexibility index (Phi) is 4.63. The van der Waals surface area contributed by atoms with Crippen LogP contribution in [0.1, 0.15) is 42.1 Å². The second-order valence-corrected chi connectivity index (χ2v) is 6.66. The maximum absolute atomic E-state index is 6.12. The molecule has 0 amide bonds. The zero-order valence-electron chi connectivity index (χ0n) is 11.9. The smallest absolute Gasteiger partial charge is 0.0548 e. The molecule has 2 unspecified atom stereocenters. The highest BCUT2D eigenvalue weighted by atomic mass is 79.9. The lowest BCUT2D eigenvalue weighted by atomic mass is 9.90. The van der Waals surface area contributed by atoms with Crippen LogP contribution in [0.2, 0.25) is 5.02 Å². The molecular formula is C17H18BrClN2. The molecule has 0 radical (unpaired) electrons. The van der Waals surface area contributed by atoms with E-state index in [0.717, 1.165) is 28.9 Å². The largest absolute Gasteiger partial charge is 0.310 e. The van der Waals surface area contributed by atoms with Crippen molar-refractivity contribution < 1.29 is 0 Å². The minimum atomic E-state index is 0.278. The Bertz CT molecular complexity index is 644. The number of pyridine rings is 1. The quantitative estimate of drug-likeness (QED) is 0.835. The van der Waals surface area contributed by atoms with Gasteiger partial charge >= 0.3 is 0 Å². The second kappa shape index (κ2) is 6.47. The minimum absolute atomic E-state index is 0.278. The topological polar surface area (TPSA) is 24.9 Å². The van der Waals surface area contributed by atoms with Gasteiger partial charge in [-0.2, -0.15) is 0 Å². The van der Waals surface area contributed by atoms with Gasteiger partial charge in [0, 0.05) is 28.3 Å². The highest BCUT2D eigenvalue weighted by Crippen LogP contribution is 2.41. The zero-order chi connectivity index (χ0) is 14.8. The van der Waals surface area contributed by atoms with Crippen molar-refractivity contribution in [2.24, 2.45) is 0 Å². The summed E-state index contributed by atoms with van der Waals surface area (Å²) in [4.78, 5) is 4.63. The molecule has 1 N–H and O–H groups in total. The predicted molar refractivity (Wildman–Crippen MR) is 90.9 cm³/mol. The number of aryl methyl sites for hydroxylation is 1. The maximum atomic E-state index is 6.12. The summed E-state index contributed by atoms with van der Waals surface area (Å²) in [6.07, 6.45) is 4.16. The fourth-order valence-corrected chi connectivity index (χ4v) is 3.70. The first-order valence-corrected chi connectivity index (χ1v) is 8.50. The molecule has 110 valence electrons. The number of rotatable bonds is 4. The standard InChI is InChI=1S/C17H18BrClN2/c1-2-20-17(12-6-8-15(19)14(18)10-12)13-7-5-11-4-3-9-21-16(11)13/h3-4,6,8-10,13,17,20H,2,5,7H2,1H3. The molecule has 0 aliphatic heterocycles. The number of nitrogens with zero attached hydrogens (tertiary/aromatic N) is 1. The molecule has 21 heavy (non-hydrogen) atoms. The fourth-order valence-electron chi connectivity index (χ4n) is 3.19. The number of nitrogens with one attached hydrogen (secondary N) is 1. The maximum Gasteiger partial charge on any atom is 0.0548 e. The van der Waals surface area contributed by atoms with E-state index in [1.165, 1.54) is 16.8 Å². The molecular weight excluding hydrogens is 348 g/mol. The van der Waals surface area contributed by atoms with E-state index in [1.54, 1.807) is 0 Å². The number of aromatic nitrogens is 1. The number of likely N-dealkylation sites (N-methyl/N-ethyl adjacent to an activating group) is 1. The SMILES string of the molecule is CCNC(c1ccc(Cl)c(Br)c1)C1CCc2cccnc21. The van der Waals surface area contributed by atoms with Crippen molar-refractivity contribution in [2.75, 3.05) is 6.54 Å². The first-order valence-electron chi connectivity index (χ1n) is 7.32. The molecule has 1 aromatic carbocycles. The summed E-state index contributed by atoms with van der Waals surface area (Å²) in [6.45, 7) is 3.08. The van der Waals surface area contributed by atoms with Crippen molar-refractivity contribution in [1.29, 1.82) is 0 Å². The van der Waals surface area contributed by atoms with Gasteiger partial charge in [0.1, 0.15) is 0 Å². The van der Waals surface area contributed by atoms with E-state index < -0.39 is 0 Å². The lowest BCUT2D eigenvalue weighted by Crippen LogP contribution is -2.26. The van der Waals surface area contributed by atoms with Crippen molar-refractivity contribution in [3.63, 3.8) is 0 Å². The van der Waals surface area contributed by atoms with Gasteiger partial charge in [0.15, 0.2) is 0 Å². The van der Waals surface area contributed by atoms with Gasteiger partial charge in [0.25, 0.3) is 0 Å². The average Bonchev–Trinajstić information content (AvgIpc) is 2.92. The first-order chi connectivity index (χ1) is 10.2. The van der Waals surface area contributed by atoms with Gasteiger partial charge in [0.2, 0.25) is 0 Å². The third-order valence-electron chi connectivity index (χ3n) is 4.13. The van der Waals surface area contributed by atoms with Crippen LogP contribution in [0, 0.1) is 0 Å². The van der Waals surface area contributed by atoms with E-state index in [9.17, 15) is 0 Å². The molecule has 2 atom stereocenters. The van der Waals surface area contributed by atoms with E-state index in [2.05, 4.69) is 51.4 Å². The lowest BCUT2D eigenvalue weighted by Gasteiger charge is -2.25. The summed E-state index contributed by atoms with van der Waals surface area (Å²) in [5.41, 5.74) is 3.89. The third-order valence-corrected chi connectivity index (χ3v) is 5.35. The van der Waals surface area contributed by atoms with Gasteiger partial charge in [-0.3, -0.25) is 4.98 Å². The van der Waals surface area contributed by atoms with Gasteiger partial charge in [-0.25, -0.2) is 0 Å². The van der Waals surface area contributed by atoms with Crippen LogP contribution in [0.4, 0.5) is 0 Å². The molecule has 0 saturated carbocycles. The number of hydrogen-bond donors (Lipinski definition) is 1. The van der Waals surface area contributed by atoms with Crippen LogP contribution in [0.5, 0.6) is 0 Å². The van der Waals surface area contributed by atoms with Crippen LogP contribution in [0.3, 0.4) is 0 Å². The van der Waals surface area contributed by atoms with Crippen molar-refractivity contribution in [3.8, 4) is 0 Å². The van der Waals surface area contributed by atoms with Gasteiger partial charge in [-0.05, 0) is 64.6 Å². The van der Waals surface area contributed by atoms with E-state index in [0.29, 0.717) is 5.92 Å². The minimum Gasteiger partial charge on any atom is -0.310 e. The van der Waals surface area contributed by atoms with Crippen LogP contribution in [-0.2, 0) is 6.42 Å². The highest BCUT2D eigenvalue weighted by molar-refractivity contribution is 9.10. The molecule has 4 heteroatoms. The average molecular weight is 366 g/mol. The second-order valence-electron chi connectivity index (χ2n) is 5.40. The molecule has 1 heterocycles. The Morgan fingerprint density at radius 3 is 3.05 bits per heavy atom. The van der Waals surface area contributed by atoms with Crippen molar-refractivity contribution in [1.82, 2.24) is 10.3 Å². The number of hydrogen-bond acceptors (Lipinski definition) is 2. The molecule has 2 aromatic rings. The Labute approximate surface area is 139 Å². The molecule has 1 aliphatic carbocycles. The van der Waals surface area contributed by atoms with Gasteiger partial charge in [-0.1, -0.05) is 30.7 Å². The van der Waals surface area contributed by atoms with E-state index in [1.807, 2.05) is 18.3 Å². The Balaban J connectivity index is 1.97. The molecule has 0 spiro atoms.